The molecule has 1 atom stereocenters. The van der Waals surface area contributed by atoms with Crippen LogP contribution in [0.3, 0.4) is 0 Å². The number of Topliss-reactive ketones (excluding diaryl/α,β-unsaturated/α-hetero) is 2. The van der Waals surface area contributed by atoms with Gasteiger partial charge in [0.25, 0.3) is 0 Å². The van der Waals surface area contributed by atoms with Gasteiger partial charge in [0, 0.05) is 12.0 Å². The summed E-state index contributed by atoms with van der Waals surface area (Å²) in [5, 5.41) is 0. The lowest BCUT2D eigenvalue weighted by molar-refractivity contribution is -0.122. The van der Waals surface area contributed by atoms with Gasteiger partial charge in [-0.05, 0) is 31.9 Å². The van der Waals surface area contributed by atoms with Crippen molar-refractivity contribution in [3.63, 3.8) is 0 Å². The maximum absolute atomic E-state index is 13.7. The van der Waals surface area contributed by atoms with E-state index in [4.69, 9.17) is 0 Å². The second kappa shape index (κ2) is 5.71. The molecule has 0 heterocycles. The average Bonchev–Trinajstić information content (AvgIpc) is 2.30. The molecule has 2 nitrogen and oxygen atoms in total. The summed E-state index contributed by atoms with van der Waals surface area (Å²) in [5.74, 6) is -1.34. The van der Waals surface area contributed by atoms with E-state index in [-0.39, 0.29) is 6.42 Å². The molecule has 92 valence electrons. The minimum atomic E-state index is -2.02. The number of rotatable bonds is 5. The highest BCUT2D eigenvalue weighted by molar-refractivity contribution is 6.13. The van der Waals surface area contributed by atoms with Gasteiger partial charge in [-0.15, -0.1) is 0 Å². The Kier molecular flexibility index (Phi) is 4.55. The van der Waals surface area contributed by atoms with Gasteiger partial charge in [-0.2, -0.15) is 0 Å². The lowest BCUT2D eigenvalue weighted by Crippen LogP contribution is -2.26. The van der Waals surface area contributed by atoms with Gasteiger partial charge >= 0.3 is 0 Å². The summed E-state index contributed by atoms with van der Waals surface area (Å²) in [5.41, 5.74) is 1.89. The summed E-state index contributed by atoms with van der Waals surface area (Å²) < 4.78 is 13.7. The summed E-state index contributed by atoms with van der Waals surface area (Å²) in [7, 11) is 0. The van der Waals surface area contributed by atoms with Crippen LogP contribution in [-0.4, -0.2) is 17.7 Å². The average molecular weight is 236 g/mol. The van der Waals surface area contributed by atoms with Crippen LogP contribution in [0.2, 0.25) is 0 Å². The predicted molar refractivity (Wildman–Crippen MR) is 65.1 cm³/mol. The van der Waals surface area contributed by atoms with E-state index >= 15 is 0 Å². The van der Waals surface area contributed by atoms with Crippen LogP contribution in [0.4, 0.5) is 4.39 Å². The van der Waals surface area contributed by atoms with Crippen LogP contribution in [0.25, 0.3) is 0 Å². The summed E-state index contributed by atoms with van der Waals surface area (Å²) in [6.07, 6.45) is -1.35. The van der Waals surface area contributed by atoms with Crippen LogP contribution in [-0.2, 0) is 4.79 Å². The normalized spacial score (nSPS) is 12.2. The third kappa shape index (κ3) is 3.22. The Morgan fingerprint density at radius 2 is 1.94 bits per heavy atom. The fourth-order valence-corrected chi connectivity index (χ4v) is 1.66. The van der Waals surface area contributed by atoms with Crippen molar-refractivity contribution in [2.45, 2.75) is 39.8 Å². The van der Waals surface area contributed by atoms with Crippen molar-refractivity contribution in [1.29, 1.82) is 0 Å². The second-order valence-electron chi connectivity index (χ2n) is 4.26. The lowest BCUT2D eigenvalue weighted by Gasteiger charge is -2.09. The maximum atomic E-state index is 13.7. The molecule has 0 saturated heterocycles. The first-order chi connectivity index (χ1) is 7.97. The first-order valence-corrected chi connectivity index (χ1v) is 5.75. The molecule has 0 aliphatic heterocycles. The molecule has 0 radical (unpaired) electrons. The van der Waals surface area contributed by atoms with Gasteiger partial charge in [0.1, 0.15) is 0 Å². The number of carbonyl (C=O) groups excluding carboxylic acids is 2. The first kappa shape index (κ1) is 13.6. The zero-order valence-electron chi connectivity index (χ0n) is 10.4. The molecular formula is C14H17FO2. The van der Waals surface area contributed by atoms with Gasteiger partial charge in [-0.3, -0.25) is 9.59 Å². The Labute approximate surface area is 101 Å². The molecule has 1 rings (SSSR count). The highest BCUT2D eigenvalue weighted by Gasteiger charge is 2.27. The summed E-state index contributed by atoms with van der Waals surface area (Å²) in [6.45, 7) is 5.36. The monoisotopic (exact) mass is 236 g/mol. The minimum Gasteiger partial charge on any atom is -0.296 e. The standard InChI is InChI=1S/C14H17FO2/c1-4-5-12(16)13(15)14(17)11-8-9(2)6-7-10(11)3/h6-8,13H,4-5H2,1-3H3. The fourth-order valence-electron chi connectivity index (χ4n) is 1.66. The van der Waals surface area contributed by atoms with Crippen LogP contribution in [0.5, 0.6) is 0 Å². The van der Waals surface area contributed by atoms with E-state index in [0.29, 0.717) is 17.5 Å². The molecule has 0 aromatic heterocycles. The van der Waals surface area contributed by atoms with Crippen LogP contribution in [0.15, 0.2) is 18.2 Å². The number of hydrogen-bond acceptors (Lipinski definition) is 2. The first-order valence-electron chi connectivity index (χ1n) is 5.75. The quantitative estimate of drug-likeness (QED) is 0.581. The van der Waals surface area contributed by atoms with E-state index < -0.39 is 17.7 Å². The van der Waals surface area contributed by atoms with E-state index in [0.717, 1.165) is 5.56 Å². The maximum Gasteiger partial charge on any atom is 0.220 e. The minimum absolute atomic E-state index is 0.109. The third-order valence-electron chi connectivity index (χ3n) is 2.67. The molecule has 0 aliphatic carbocycles. The Morgan fingerprint density at radius 3 is 2.53 bits per heavy atom. The number of ketones is 2. The van der Waals surface area contributed by atoms with Crippen molar-refractivity contribution >= 4 is 11.6 Å². The number of alkyl halides is 1. The smallest absolute Gasteiger partial charge is 0.220 e. The van der Waals surface area contributed by atoms with Gasteiger partial charge in [-0.25, -0.2) is 4.39 Å². The predicted octanol–water partition coefficient (Wildman–Crippen LogP) is 3.19. The summed E-state index contributed by atoms with van der Waals surface area (Å²) >= 11 is 0. The van der Waals surface area contributed by atoms with Crippen molar-refractivity contribution in [1.82, 2.24) is 0 Å². The molecule has 1 aromatic carbocycles. The molecule has 3 heteroatoms. The van der Waals surface area contributed by atoms with Gasteiger partial charge in [0.05, 0.1) is 0 Å². The molecule has 1 unspecified atom stereocenters. The Morgan fingerprint density at radius 1 is 1.29 bits per heavy atom. The SMILES string of the molecule is CCCC(=O)C(F)C(=O)c1cc(C)ccc1C. The van der Waals surface area contributed by atoms with Crippen molar-refractivity contribution in [3.8, 4) is 0 Å². The van der Waals surface area contributed by atoms with Crippen molar-refractivity contribution < 1.29 is 14.0 Å². The Balaban J connectivity index is 2.96. The fraction of sp³-hybridized carbons (Fsp3) is 0.429. The van der Waals surface area contributed by atoms with Gasteiger partial charge in [-0.1, -0.05) is 24.6 Å². The highest BCUT2D eigenvalue weighted by Crippen LogP contribution is 2.15. The van der Waals surface area contributed by atoms with E-state index in [1.807, 2.05) is 13.0 Å². The van der Waals surface area contributed by atoms with Crippen LogP contribution >= 0.6 is 0 Å². The van der Waals surface area contributed by atoms with Crippen LogP contribution in [0.1, 0.15) is 41.3 Å². The van der Waals surface area contributed by atoms with Crippen molar-refractivity contribution in [2.75, 3.05) is 0 Å². The highest BCUT2D eigenvalue weighted by atomic mass is 19.1. The number of hydrogen-bond donors (Lipinski definition) is 0. The molecule has 0 saturated carbocycles. The van der Waals surface area contributed by atoms with Crippen LogP contribution < -0.4 is 0 Å². The van der Waals surface area contributed by atoms with Gasteiger partial charge in [0.2, 0.25) is 12.0 Å². The Bertz CT molecular complexity index is 438. The molecule has 0 fully saturated rings. The second-order valence-corrected chi connectivity index (χ2v) is 4.26. The third-order valence-corrected chi connectivity index (χ3v) is 2.67. The van der Waals surface area contributed by atoms with E-state index in [2.05, 4.69) is 0 Å². The van der Waals surface area contributed by atoms with E-state index in [1.165, 1.54) is 0 Å². The number of halogens is 1. The Hall–Kier alpha value is -1.51. The topological polar surface area (TPSA) is 34.1 Å². The van der Waals surface area contributed by atoms with Gasteiger partial charge < -0.3 is 0 Å². The molecule has 1 aromatic rings. The van der Waals surface area contributed by atoms with Crippen molar-refractivity contribution in [3.05, 3.63) is 34.9 Å². The molecule has 0 spiro atoms. The lowest BCUT2D eigenvalue weighted by atomic mass is 9.97. The molecule has 0 amide bonds. The number of benzene rings is 1. The van der Waals surface area contributed by atoms with Gasteiger partial charge in [0.15, 0.2) is 5.78 Å². The molecule has 17 heavy (non-hydrogen) atoms. The van der Waals surface area contributed by atoms with E-state index in [1.54, 1.807) is 26.0 Å². The van der Waals surface area contributed by atoms with Crippen molar-refractivity contribution in [2.24, 2.45) is 0 Å². The number of carbonyl (C=O) groups is 2. The summed E-state index contributed by atoms with van der Waals surface area (Å²) in [4.78, 5) is 23.2. The zero-order chi connectivity index (χ0) is 13.0. The van der Waals surface area contributed by atoms with E-state index in [9.17, 15) is 14.0 Å². The summed E-state index contributed by atoms with van der Waals surface area (Å²) in [6, 6.07) is 5.25. The van der Waals surface area contributed by atoms with Crippen LogP contribution in [0, 0.1) is 13.8 Å². The number of aryl methyl sites for hydroxylation is 2. The molecule has 0 aliphatic rings. The molecule has 0 bridgehead atoms. The molecule has 0 N–H and O–H groups in total. The largest absolute Gasteiger partial charge is 0.296 e. The molecular weight excluding hydrogens is 219 g/mol. The zero-order valence-corrected chi connectivity index (χ0v) is 10.4.